The molecule has 1 heterocycles. The molecule has 6 heteroatoms. The molecular formula is C21H18BrNO3S. The van der Waals surface area contributed by atoms with Crippen LogP contribution in [0.25, 0.3) is 6.08 Å². The minimum absolute atomic E-state index is 0.264. The molecule has 27 heavy (non-hydrogen) atoms. The molecule has 0 spiro atoms. The van der Waals surface area contributed by atoms with Gasteiger partial charge in [-0.3, -0.25) is 14.5 Å². The molecule has 0 radical (unpaired) electrons. The van der Waals surface area contributed by atoms with Crippen molar-refractivity contribution < 1.29 is 14.3 Å². The van der Waals surface area contributed by atoms with Crippen molar-refractivity contribution in [1.82, 2.24) is 4.90 Å². The minimum atomic E-state index is -0.291. The van der Waals surface area contributed by atoms with Crippen LogP contribution in [0.1, 0.15) is 16.7 Å². The predicted molar refractivity (Wildman–Crippen MR) is 113 cm³/mol. The maximum absolute atomic E-state index is 12.7. The van der Waals surface area contributed by atoms with Crippen molar-refractivity contribution in [2.45, 2.75) is 13.5 Å². The van der Waals surface area contributed by atoms with Gasteiger partial charge in [0.05, 0.1) is 11.4 Å². The molecule has 2 amide bonds. The number of imide groups is 1. The normalized spacial score (nSPS) is 15.5. The van der Waals surface area contributed by atoms with Gasteiger partial charge < -0.3 is 4.74 Å². The number of hydrogen-bond donors (Lipinski definition) is 0. The monoisotopic (exact) mass is 443 g/mol. The maximum atomic E-state index is 12.7. The van der Waals surface area contributed by atoms with Crippen LogP contribution in [-0.4, -0.2) is 22.7 Å². The van der Waals surface area contributed by atoms with Crippen LogP contribution >= 0.6 is 27.7 Å². The highest BCUT2D eigenvalue weighted by Gasteiger charge is 2.35. The topological polar surface area (TPSA) is 46.6 Å². The first-order chi connectivity index (χ1) is 13.0. The van der Waals surface area contributed by atoms with Gasteiger partial charge in [0.15, 0.2) is 0 Å². The van der Waals surface area contributed by atoms with Crippen molar-refractivity contribution in [3.05, 3.63) is 81.2 Å². The molecule has 0 bridgehead atoms. The molecule has 0 saturated carbocycles. The van der Waals surface area contributed by atoms with Crippen LogP contribution in [0.3, 0.4) is 0 Å². The van der Waals surface area contributed by atoms with Crippen LogP contribution in [-0.2, 0) is 11.3 Å². The second-order valence-electron chi connectivity index (χ2n) is 6.04. The van der Waals surface area contributed by atoms with Crippen molar-refractivity contribution in [3.8, 4) is 5.75 Å². The summed E-state index contributed by atoms with van der Waals surface area (Å²) in [5, 5.41) is -0.268. The van der Waals surface area contributed by atoms with Crippen LogP contribution in [0.2, 0.25) is 0 Å². The Labute approximate surface area is 171 Å². The Hall–Kier alpha value is -2.31. The Morgan fingerprint density at radius 2 is 1.93 bits per heavy atom. The molecule has 0 aromatic heterocycles. The summed E-state index contributed by atoms with van der Waals surface area (Å²) in [5.74, 6) is 0.337. The summed E-state index contributed by atoms with van der Waals surface area (Å²) in [5.41, 5.74) is 2.78. The number of carbonyl (C=O) groups excluding carboxylic acids is 2. The number of rotatable bonds is 6. The highest BCUT2D eigenvalue weighted by Crippen LogP contribution is 2.35. The minimum Gasteiger partial charge on any atom is -0.489 e. The van der Waals surface area contributed by atoms with E-state index in [2.05, 4.69) is 22.5 Å². The van der Waals surface area contributed by atoms with Gasteiger partial charge in [-0.15, -0.1) is 0 Å². The molecule has 1 fully saturated rings. The molecule has 138 valence electrons. The quantitative estimate of drug-likeness (QED) is 0.433. The predicted octanol–water partition coefficient (Wildman–Crippen LogP) is 5.56. The smallest absolute Gasteiger partial charge is 0.293 e. The Morgan fingerprint density at radius 3 is 2.63 bits per heavy atom. The van der Waals surface area contributed by atoms with Crippen LogP contribution in [0, 0.1) is 6.92 Å². The van der Waals surface area contributed by atoms with Crippen LogP contribution < -0.4 is 4.74 Å². The number of halogens is 1. The van der Waals surface area contributed by atoms with Gasteiger partial charge in [-0.05, 0) is 48.5 Å². The average Bonchev–Trinajstić information content (AvgIpc) is 2.90. The third kappa shape index (κ3) is 4.70. The number of carbonyl (C=O) groups is 2. The average molecular weight is 444 g/mol. The molecule has 1 aliphatic heterocycles. The maximum Gasteiger partial charge on any atom is 0.293 e. The van der Waals surface area contributed by atoms with Gasteiger partial charge in [0.25, 0.3) is 11.1 Å². The van der Waals surface area contributed by atoms with Crippen LogP contribution in [0.15, 0.2) is 64.5 Å². The lowest BCUT2D eigenvalue weighted by Crippen LogP contribution is -2.27. The number of ether oxygens (including phenoxy) is 1. The van der Waals surface area contributed by atoms with E-state index in [0.29, 0.717) is 17.3 Å². The molecular weight excluding hydrogens is 426 g/mol. The summed E-state index contributed by atoms with van der Waals surface area (Å²) in [6, 6.07) is 13.3. The van der Waals surface area contributed by atoms with Crippen LogP contribution in [0.4, 0.5) is 4.79 Å². The van der Waals surface area contributed by atoms with Gasteiger partial charge in [0.1, 0.15) is 12.4 Å². The van der Waals surface area contributed by atoms with Gasteiger partial charge in [-0.2, -0.15) is 0 Å². The Morgan fingerprint density at radius 1 is 1.19 bits per heavy atom. The van der Waals surface area contributed by atoms with E-state index in [1.165, 1.54) is 4.90 Å². The first-order valence-electron chi connectivity index (χ1n) is 8.32. The summed E-state index contributed by atoms with van der Waals surface area (Å²) in [4.78, 5) is 26.8. The number of amides is 2. The number of nitrogens with zero attached hydrogens (tertiary/aromatic N) is 1. The van der Waals surface area contributed by atoms with E-state index in [1.54, 1.807) is 12.2 Å². The largest absolute Gasteiger partial charge is 0.489 e. The molecule has 0 N–H and O–H groups in total. The highest BCUT2D eigenvalue weighted by atomic mass is 79.9. The summed E-state index contributed by atoms with van der Waals surface area (Å²) >= 11 is 4.37. The Balaban J connectivity index is 1.85. The van der Waals surface area contributed by atoms with Crippen molar-refractivity contribution in [3.63, 3.8) is 0 Å². The fraction of sp³-hybridized carbons (Fsp3) is 0.143. The first kappa shape index (κ1) is 19.5. The molecule has 0 aliphatic carbocycles. The van der Waals surface area contributed by atoms with Crippen LogP contribution in [0.5, 0.6) is 5.75 Å². The third-order valence-electron chi connectivity index (χ3n) is 3.95. The highest BCUT2D eigenvalue weighted by molar-refractivity contribution is 9.10. The van der Waals surface area contributed by atoms with Crippen molar-refractivity contribution in [2.75, 3.05) is 6.61 Å². The van der Waals surface area contributed by atoms with E-state index in [4.69, 9.17) is 4.74 Å². The van der Waals surface area contributed by atoms with Crippen molar-refractivity contribution in [1.29, 1.82) is 0 Å². The zero-order chi connectivity index (χ0) is 19.4. The van der Waals surface area contributed by atoms with E-state index < -0.39 is 0 Å². The SMILES string of the molecule is C=CCOc1ccc(Br)cc1/C=C1\SC(=O)N(Cc2ccc(C)cc2)C1=O. The standard InChI is InChI=1S/C21H18BrNO3S/c1-3-10-26-18-9-8-17(22)11-16(18)12-19-20(24)23(21(25)27-19)13-15-6-4-14(2)5-7-15/h3-9,11-12H,1,10,13H2,2H3/b19-12-. The van der Waals surface area contributed by atoms with Crippen molar-refractivity contribution in [2.24, 2.45) is 0 Å². The van der Waals surface area contributed by atoms with Gasteiger partial charge in [-0.1, -0.05) is 58.4 Å². The number of hydrogen-bond acceptors (Lipinski definition) is 4. The molecule has 2 aromatic rings. The van der Waals surface area contributed by atoms with Crippen molar-refractivity contribution >= 4 is 44.9 Å². The lowest BCUT2D eigenvalue weighted by atomic mass is 10.1. The van der Waals surface area contributed by atoms with Gasteiger partial charge in [-0.25, -0.2) is 0 Å². The summed E-state index contributed by atoms with van der Waals surface area (Å²) in [6.07, 6.45) is 3.35. The third-order valence-corrected chi connectivity index (χ3v) is 5.35. The fourth-order valence-corrected chi connectivity index (χ4v) is 3.77. The van der Waals surface area contributed by atoms with Gasteiger partial charge in [0, 0.05) is 10.0 Å². The molecule has 3 rings (SSSR count). The van der Waals surface area contributed by atoms with E-state index in [-0.39, 0.29) is 17.7 Å². The second-order valence-corrected chi connectivity index (χ2v) is 7.94. The summed E-state index contributed by atoms with van der Waals surface area (Å²) < 4.78 is 6.50. The lowest BCUT2D eigenvalue weighted by Gasteiger charge is -2.12. The van der Waals surface area contributed by atoms with Gasteiger partial charge in [0.2, 0.25) is 0 Å². The molecule has 1 saturated heterocycles. The molecule has 1 aliphatic rings. The molecule has 0 unspecified atom stereocenters. The summed E-state index contributed by atoms with van der Waals surface area (Å²) in [7, 11) is 0. The zero-order valence-corrected chi connectivity index (χ0v) is 17.2. The van der Waals surface area contributed by atoms with E-state index in [0.717, 1.165) is 32.9 Å². The van der Waals surface area contributed by atoms with E-state index >= 15 is 0 Å². The summed E-state index contributed by atoms with van der Waals surface area (Å²) in [6.45, 7) is 6.26. The number of benzene rings is 2. The zero-order valence-electron chi connectivity index (χ0n) is 14.8. The lowest BCUT2D eigenvalue weighted by molar-refractivity contribution is -0.123. The Bertz CT molecular complexity index is 922. The molecule has 4 nitrogen and oxygen atoms in total. The fourth-order valence-electron chi connectivity index (χ4n) is 2.57. The Kier molecular flexibility index (Phi) is 6.19. The molecule has 0 atom stereocenters. The number of thioether (sulfide) groups is 1. The van der Waals surface area contributed by atoms with E-state index in [1.807, 2.05) is 49.4 Å². The van der Waals surface area contributed by atoms with Gasteiger partial charge >= 0.3 is 0 Å². The second kappa shape index (κ2) is 8.59. The van der Waals surface area contributed by atoms with E-state index in [9.17, 15) is 9.59 Å². The first-order valence-corrected chi connectivity index (χ1v) is 9.93. The molecule has 2 aromatic carbocycles. The number of aryl methyl sites for hydroxylation is 1.